The Morgan fingerprint density at radius 1 is 1.28 bits per heavy atom. The van der Waals surface area contributed by atoms with Crippen molar-refractivity contribution >= 4 is 11.6 Å². The fourth-order valence-electron chi connectivity index (χ4n) is 5.63. The zero-order valence-corrected chi connectivity index (χ0v) is 17.0. The summed E-state index contributed by atoms with van der Waals surface area (Å²) in [6.07, 6.45) is 0. The van der Waals surface area contributed by atoms with E-state index in [1.807, 2.05) is 4.90 Å². The molecule has 3 fully saturated rings. The Morgan fingerprint density at radius 3 is 2.72 bits per heavy atom. The summed E-state index contributed by atoms with van der Waals surface area (Å²) in [5, 5.41) is 20.1. The van der Waals surface area contributed by atoms with Crippen molar-refractivity contribution < 1.29 is 19.4 Å². The maximum atomic E-state index is 13.5. The zero-order valence-electron chi connectivity index (χ0n) is 17.0. The van der Waals surface area contributed by atoms with Crippen LogP contribution in [-0.4, -0.2) is 104 Å². The van der Waals surface area contributed by atoms with E-state index in [0.717, 1.165) is 32.7 Å². The summed E-state index contributed by atoms with van der Waals surface area (Å²) < 4.78 is 5.91. The van der Waals surface area contributed by atoms with Crippen LogP contribution in [0, 0.1) is 5.92 Å². The number of allylic oxidation sites excluding steroid dienone is 2. The van der Waals surface area contributed by atoms with Gasteiger partial charge in [-0.3, -0.25) is 14.5 Å². The van der Waals surface area contributed by atoms with Crippen LogP contribution in [0.3, 0.4) is 0 Å². The first kappa shape index (κ1) is 19.2. The Bertz CT molecular complexity index is 818. The summed E-state index contributed by atoms with van der Waals surface area (Å²) in [5.74, 6) is -0.857. The second-order valence-electron chi connectivity index (χ2n) is 8.49. The molecule has 0 bridgehead atoms. The molecule has 0 aromatic heterocycles. The highest BCUT2D eigenvalue weighted by Gasteiger charge is 2.72. The van der Waals surface area contributed by atoms with Gasteiger partial charge in [0, 0.05) is 70.1 Å². The third kappa shape index (κ3) is 2.58. The molecule has 0 aromatic carbocycles. The molecular weight excluding hydrogens is 374 g/mol. The van der Waals surface area contributed by atoms with Crippen LogP contribution in [0.4, 0.5) is 0 Å². The van der Waals surface area contributed by atoms with Gasteiger partial charge >= 0.3 is 0 Å². The van der Waals surface area contributed by atoms with Gasteiger partial charge < -0.3 is 30.7 Å². The van der Waals surface area contributed by atoms with E-state index in [9.17, 15) is 14.7 Å². The van der Waals surface area contributed by atoms with E-state index in [2.05, 4.69) is 20.9 Å². The second-order valence-corrected chi connectivity index (χ2v) is 8.49. The number of piperazine rings is 2. The predicted octanol–water partition coefficient (Wildman–Crippen LogP) is -2.22. The molecule has 1 aliphatic carbocycles. The Kier molecular flexibility index (Phi) is 4.56. The van der Waals surface area contributed by atoms with Crippen LogP contribution in [0.5, 0.6) is 0 Å². The van der Waals surface area contributed by atoms with Crippen LogP contribution in [0.15, 0.2) is 22.5 Å². The van der Waals surface area contributed by atoms with Gasteiger partial charge in [0.25, 0.3) is 0 Å². The monoisotopic (exact) mass is 403 g/mol. The molecule has 4 aliphatic heterocycles. The smallest absolute Gasteiger partial charge is 0.208 e. The second kappa shape index (κ2) is 6.88. The number of aliphatic hydroxyl groups excluding tert-OH is 1. The van der Waals surface area contributed by atoms with Gasteiger partial charge in [0.2, 0.25) is 11.6 Å². The number of Topliss-reactive ketones (excluding diaryl/α,β-unsaturated/α-hetero) is 2. The third-order valence-electron chi connectivity index (χ3n) is 7.16. The van der Waals surface area contributed by atoms with Crippen molar-refractivity contribution in [3.8, 4) is 0 Å². The van der Waals surface area contributed by atoms with E-state index in [1.54, 1.807) is 14.0 Å². The van der Waals surface area contributed by atoms with E-state index in [1.165, 1.54) is 0 Å². The molecule has 0 saturated carbocycles. The van der Waals surface area contributed by atoms with E-state index in [-0.39, 0.29) is 30.3 Å². The fourth-order valence-corrected chi connectivity index (χ4v) is 5.63. The molecule has 0 aromatic rings. The van der Waals surface area contributed by atoms with Gasteiger partial charge in [0.15, 0.2) is 5.72 Å². The highest BCUT2D eigenvalue weighted by molar-refractivity contribution is 6.25. The standard InChI is InChI=1S/C20H29N5O4/c1-11-15(22-5-8-24-6-3-21-4-7-24)18(28)14-12(10-26)20(29-2)19-13(23-19)9-25(20)16(14)17(11)27/h12-13,19,21-23,26H,3-10H2,1-2H3. The van der Waals surface area contributed by atoms with Gasteiger partial charge in [-0.1, -0.05) is 0 Å². The summed E-state index contributed by atoms with van der Waals surface area (Å²) in [7, 11) is 1.60. The first-order valence-electron chi connectivity index (χ1n) is 10.5. The minimum atomic E-state index is -0.855. The number of ether oxygens (including phenoxy) is 1. The molecule has 5 rings (SSSR count). The van der Waals surface area contributed by atoms with Gasteiger partial charge in [-0.2, -0.15) is 0 Å². The van der Waals surface area contributed by atoms with E-state index in [4.69, 9.17) is 4.74 Å². The Morgan fingerprint density at radius 2 is 2.03 bits per heavy atom. The van der Waals surface area contributed by atoms with Crippen LogP contribution < -0.4 is 16.0 Å². The largest absolute Gasteiger partial charge is 0.396 e. The van der Waals surface area contributed by atoms with Crippen molar-refractivity contribution in [1.82, 2.24) is 25.8 Å². The first-order chi connectivity index (χ1) is 14.0. The molecule has 4 atom stereocenters. The number of nitrogens with zero attached hydrogens (tertiary/aromatic N) is 2. The summed E-state index contributed by atoms with van der Waals surface area (Å²) in [5.41, 5.74) is 0.796. The Labute approximate surface area is 170 Å². The molecule has 4 unspecified atom stereocenters. The van der Waals surface area contributed by atoms with Gasteiger partial charge in [-0.25, -0.2) is 0 Å². The van der Waals surface area contributed by atoms with E-state index >= 15 is 0 Å². The molecular formula is C20H29N5O4. The number of rotatable bonds is 6. The maximum Gasteiger partial charge on any atom is 0.208 e. The lowest BCUT2D eigenvalue weighted by Gasteiger charge is -2.39. The van der Waals surface area contributed by atoms with Crippen molar-refractivity contribution in [2.75, 3.05) is 59.5 Å². The van der Waals surface area contributed by atoms with Crippen molar-refractivity contribution in [3.63, 3.8) is 0 Å². The third-order valence-corrected chi connectivity index (χ3v) is 7.16. The molecule has 9 heteroatoms. The van der Waals surface area contributed by atoms with Crippen molar-refractivity contribution in [2.45, 2.75) is 24.7 Å². The highest BCUT2D eigenvalue weighted by atomic mass is 16.5. The molecule has 4 N–H and O–H groups in total. The number of fused-ring (bicyclic) bond motifs is 4. The first-order valence-corrected chi connectivity index (χ1v) is 10.5. The number of hydrogen-bond acceptors (Lipinski definition) is 9. The average Bonchev–Trinajstić information content (AvgIpc) is 3.35. The number of ketones is 2. The van der Waals surface area contributed by atoms with Crippen LogP contribution >= 0.6 is 0 Å². The van der Waals surface area contributed by atoms with E-state index < -0.39 is 11.6 Å². The van der Waals surface area contributed by atoms with Crippen LogP contribution in [0.25, 0.3) is 0 Å². The summed E-state index contributed by atoms with van der Waals surface area (Å²) >= 11 is 0. The maximum absolute atomic E-state index is 13.5. The number of carbonyl (C=O) groups is 2. The van der Waals surface area contributed by atoms with Gasteiger partial charge in [-0.05, 0) is 6.92 Å². The average molecular weight is 403 g/mol. The number of nitrogens with one attached hydrogen (secondary N) is 3. The quantitative estimate of drug-likeness (QED) is 0.289. The van der Waals surface area contributed by atoms with Crippen molar-refractivity contribution in [3.05, 3.63) is 22.5 Å². The van der Waals surface area contributed by atoms with E-state index in [0.29, 0.717) is 35.6 Å². The van der Waals surface area contributed by atoms with Crippen molar-refractivity contribution in [2.24, 2.45) is 5.92 Å². The lowest BCUT2D eigenvalue weighted by Crippen LogP contribution is -2.54. The molecule has 0 amide bonds. The number of hydrogen-bond donors (Lipinski definition) is 4. The highest BCUT2D eigenvalue weighted by Crippen LogP contribution is 2.55. The van der Waals surface area contributed by atoms with Gasteiger partial charge in [-0.15, -0.1) is 0 Å². The molecule has 3 saturated heterocycles. The normalized spacial score (nSPS) is 36.5. The fraction of sp³-hybridized carbons (Fsp3) is 0.700. The topological polar surface area (TPSA) is 116 Å². The summed E-state index contributed by atoms with van der Waals surface area (Å²) in [6, 6.07) is 0.268. The van der Waals surface area contributed by atoms with Crippen LogP contribution in [-0.2, 0) is 14.3 Å². The Hall–Kier alpha value is -1.78. The molecule has 0 radical (unpaired) electrons. The van der Waals surface area contributed by atoms with Gasteiger partial charge in [0.05, 0.1) is 30.0 Å². The molecule has 5 aliphatic rings. The molecule has 9 nitrogen and oxygen atoms in total. The zero-order chi connectivity index (χ0) is 20.3. The van der Waals surface area contributed by atoms with Crippen molar-refractivity contribution in [1.29, 1.82) is 0 Å². The SMILES string of the molecule is COC12C(CO)C3=C(C(=O)C(C)=C(NCCN4CCNCC4)C3=O)N1CC1NC12. The lowest BCUT2D eigenvalue weighted by atomic mass is 9.82. The number of aliphatic hydroxyl groups is 1. The summed E-state index contributed by atoms with van der Waals surface area (Å²) in [6.45, 7) is 7.42. The molecule has 158 valence electrons. The minimum Gasteiger partial charge on any atom is -0.396 e. The lowest BCUT2D eigenvalue weighted by molar-refractivity contribution is -0.137. The number of carbonyl (C=O) groups excluding carboxylic acids is 2. The van der Waals surface area contributed by atoms with Gasteiger partial charge in [0.1, 0.15) is 0 Å². The predicted molar refractivity (Wildman–Crippen MR) is 105 cm³/mol. The summed E-state index contributed by atoms with van der Waals surface area (Å²) in [4.78, 5) is 31.0. The number of methoxy groups -OCH3 is 1. The van der Waals surface area contributed by atoms with Crippen LogP contribution in [0.2, 0.25) is 0 Å². The molecule has 0 spiro atoms. The van der Waals surface area contributed by atoms with Crippen LogP contribution in [0.1, 0.15) is 6.92 Å². The Balaban J connectivity index is 1.39. The molecule has 29 heavy (non-hydrogen) atoms. The minimum absolute atomic E-state index is 0.0280. The molecule has 4 heterocycles.